The highest BCUT2D eigenvalue weighted by atomic mass is 15.1. The van der Waals surface area contributed by atoms with Crippen molar-refractivity contribution in [3.05, 3.63) is 102 Å². The largest absolute Gasteiger partial charge is 0.299 e. The average Bonchev–Trinajstić information content (AvgIpc) is 3.11. The predicted molar refractivity (Wildman–Crippen MR) is 111 cm³/mol. The Bertz CT molecular complexity index is 949. The lowest BCUT2D eigenvalue weighted by Crippen LogP contribution is -2.02. The highest BCUT2D eigenvalue weighted by molar-refractivity contribution is 5.75. The van der Waals surface area contributed by atoms with E-state index in [2.05, 4.69) is 54.2 Å². The summed E-state index contributed by atoms with van der Waals surface area (Å²) in [5.41, 5.74) is 6.85. The summed E-state index contributed by atoms with van der Waals surface area (Å²) in [4.78, 5) is 4.58. The summed E-state index contributed by atoms with van der Waals surface area (Å²) in [7, 11) is 0. The van der Waals surface area contributed by atoms with Crippen LogP contribution in [0.5, 0.6) is 0 Å². The molecule has 1 heterocycles. The van der Waals surface area contributed by atoms with Gasteiger partial charge in [0.2, 0.25) is 0 Å². The monoisotopic (exact) mass is 340 g/mol. The molecule has 2 aromatic carbocycles. The lowest BCUT2D eigenvalue weighted by molar-refractivity contribution is 1.03. The van der Waals surface area contributed by atoms with Gasteiger partial charge in [-0.25, -0.2) is 4.98 Å². The molecule has 0 radical (unpaired) electrons. The van der Waals surface area contributed by atoms with Gasteiger partial charge in [-0.1, -0.05) is 61.2 Å². The van der Waals surface area contributed by atoms with Crippen molar-refractivity contribution in [2.45, 2.75) is 20.8 Å². The van der Waals surface area contributed by atoms with Gasteiger partial charge in [0.15, 0.2) is 0 Å². The van der Waals surface area contributed by atoms with Crippen LogP contribution in [0.2, 0.25) is 0 Å². The number of hydrogen-bond donors (Lipinski definition) is 0. The summed E-state index contributed by atoms with van der Waals surface area (Å²) in [5.74, 6) is 0.955. The van der Waals surface area contributed by atoms with Crippen LogP contribution < -0.4 is 0 Å². The smallest absolute Gasteiger partial charge is 0.144 e. The second kappa shape index (κ2) is 7.83. The van der Waals surface area contributed by atoms with Crippen molar-refractivity contribution in [3.8, 4) is 17.1 Å². The average molecular weight is 340 g/mol. The molecule has 2 heteroatoms. The van der Waals surface area contributed by atoms with Gasteiger partial charge >= 0.3 is 0 Å². The normalized spacial score (nSPS) is 11.5. The molecule has 0 N–H and O–H groups in total. The van der Waals surface area contributed by atoms with Crippen molar-refractivity contribution in [2.75, 3.05) is 0 Å². The first kappa shape index (κ1) is 17.7. The number of hydrogen-bond acceptors (Lipinski definition) is 1. The van der Waals surface area contributed by atoms with Crippen molar-refractivity contribution >= 4 is 5.57 Å². The molecule has 2 nitrogen and oxygen atoms in total. The molecule has 0 amide bonds. The summed E-state index contributed by atoms with van der Waals surface area (Å²) in [6.45, 7) is 10.5. The van der Waals surface area contributed by atoms with Crippen LogP contribution in [0.4, 0.5) is 0 Å². The van der Waals surface area contributed by atoms with Crippen molar-refractivity contribution in [2.24, 2.45) is 0 Å². The van der Waals surface area contributed by atoms with Crippen LogP contribution in [0.1, 0.15) is 23.6 Å². The Morgan fingerprint density at radius 1 is 1.04 bits per heavy atom. The minimum atomic E-state index is 0.955. The van der Waals surface area contributed by atoms with Crippen LogP contribution in [0.3, 0.4) is 0 Å². The molecular formula is C24H24N2. The number of rotatable bonds is 5. The standard InChI is InChI=1S/C24H24N2/c1-5-6-8-11-18(2)22-16-19(3)23(20(4)17-22)26-15-14-25-24(26)21-12-9-7-10-13-21/h5-17H,2H2,1,3-4H3/b6-5-,11-8-. The van der Waals surface area contributed by atoms with E-state index in [9.17, 15) is 0 Å². The zero-order valence-corrected chi connectivity index (χ0v) is 15.6. The molecule has 0 unspecified atom stereocenters. The summed E-state index contributed by atoms with van der Waals surface area (Å²) >= 11 is 0. The molecule has 1 aromatic heterocycles. The third kappa shape index (κ3) is 3.60. The van der Waals surface area contributed by atoms with Gasteiger partial charge in [0.1, 0.15) is 5.82 Å². The van der Waals surface area contributed by atoms with E-state index >= 15 is 0 Å². The van der Waals surface area contributed by atoms with Crippen molar-refractivity contribution in [3.63, 3.8) is 0 Å². The number of imidazole rings is 1. The SMILES string of the molecule is C=C(/C=C\C=C/C)c1cc(C)c(-n2ccnc2-c2ccccc2)c(C)c1. The lowest BCUT2D eigenvalue weighted by Gasteiger charge is -2.16. The first-order valence-electron chi connectivity index (χ1n) is 8.81. The molecule has 26 heavy (non-hydrogen) atoms. The zero-order valence-electron chi connectivity index (χ0n) is 15.6. The van der Waals surface area contributed by atoms with Crippen molar-refractivity contribution in [1.29, 1.82) is 0 Å². The molecular weight excluding hydrogens is 316 g/mol. The van der Waals surface area contributed by atoms with Crippen LogP contribution in [-0.4, -0.2) is 9.55 Å². The Labute approximate surface area is 155 Å². The third-order valence-corrected chi connectivity index (χ3v) is 4.38. The Kier molecular flexibility index (Phi) is 5.33. The van der Waals surface area contributed by atoms with E-state index in [1.165, 1.54) is 16.8 Å². The van der Waals surface area contributed by atoms with Crippen LogP contribution in [-0.2, 0) is 0 Å². The second-order valence-corrected chi connectivity index (χ2v) is 6.36. The van der Waals surface area contributed by atoms with Gasteiger partial charge in [-0.15, -0.1) is 0 Å². The fourth-order valence-corrected chi connectivity index (χ4v) is 3.19. The third-order valence-electron chi connectivity index (χ3n) is 4.38. The Morgan fingerprint density at radius 3 is 2.38 bits per heavy atom. The molecule has 0 spiro atoms. The van der Waals surface area contributed by atoms with E-state index in [1.807, 2.05) is 61.8 Å². The molecule has 3 aromatic rings. The van der Waals surface area contributed by atoms with E-state index in [0.29, 0.717) is 0 Å². The molecule has 130 valence electrons. The molecule has 0 aliphatic heterocycles. The zero-order chi connectivity index (χ0) is 18.5. The fraction of sp³-hybridized carbons (Fsp3) is 0.125. The number of nitrogens with zero attached hydrogens (tertiary/aromatic N) is 2. The Morgan fingerprint density at radius 2 is 1.73 bits per heavy atom. The number of aryl methyl sites for hydroxylation is 2. The highest BCUT2D eigenvalue weighted by Gasteiger charge is 2.13. The van der Waals surface area contributed by atoms with Gasteiger partial charge in [0.05, 0.1) is 5.69 Å². The van der Waals surface area contributed by atoms with E-state index in [-0.39, 0.29) is 0 Å². The lowest BCUT2D eigenvalue weighted by atomic mass is 9.99. The molecule has 0 atom stereocenters. The van der Waals surface area contributed by atoms with E-state index in [4.69, 9.17) is 0 Å². The molecule has 0 fully saturated rings. The predicted octanol–water partition coefficient (Wildman–Crippen LogP) is 6.30. The highest BCUT2D eigenvalue weighted by Crippen LogP contribution is 2.28. The van der Waals surface area contributed by atoms with Crippen molar-refractivity contribution < 1.29 is 0 Å². The first-order valence-corrected chi connectivity index (χ1v) is 8.81. The maximum atomic E-state index is 4.58. The first-order chi connectivity index (χ1) is 12.6. The maximum Gasteiger partial charge on any atom is 0.144 e. The van der Waals surface area contributed by atoms with Gasteiger partial charge in [-0.05, 0) is 55.2 Å². The minimum Gasteiger partial charge on any atom is -0.299 e. The van der Waals surface area contributed by atoms with Crippen LogP contribution in [0.25, 0.3) is 22.6 Å². The van der Waals surface area contributed by atoms with Gasteiger partial charge in [0, 0.05) is 18.0 Å². The summed E-state index contributed by atoms with van der Waals surface area (Å²) in [5, 5.41) is 0. The molecule has 0 bridgehead atoms. The summed E-state index contributed by atoms with van der Waals surface area (Å²) < 4.78 is 2.17. The molecule has 0 saturated carbocycles. The molecule has 3 rings (SSSR count). The van der Waals surface area contributed by atoms with Gasteiger partial charge in [-0.3, -0.25) is 4.57 Å². The molecule has 0 aliphatic carbocycles. The van der Waals surface area contributed by atoms with Gasteiger partial charge < -0.3 is 0 Å². The quantitative estimate of drug-likeness (QED) is 0.498. The van der Waals surface area contributed by atoms with E-state index in [1.54, 1.807) is 0 Å². The number of benzene rings is 2. The van der Waals surface area contributed by atoms with E-state index < -0.39 is 0 Å². The van der Waals surface area contributed by atoms with E-state index in [0.717, 1.165) is 22.5 Å². The fourth-order valence-electron chi connectivity index (χ4n) is 3.19. The maximum absolute atomic E-state index is 4.58. The van der Waals surface area contributed by atoms with Gasteiger partial charge in [-0.2, -0.15) is 0 Å². The van der Waals surface area contributed by atoms with Gasteiger partial charge in [0.25, 0.3) is 0 Å². The van der Waals surface area contributed by atoms with Crippen LogP contribution in [0.15, 0.2) is 85.7 Å². The number of allylic oxidation sites excluding steroid dienone is 5. The summed E-state index contributed by atoms with van der Waals surface area (Å²) in [6, 6.07) is 14.7. The topological polar surface area (TPSA) is 17.8 Å². The Hall–Kier alpha value is -3.13. The second-order valence-electron chi connectivity index (χ2n) is 6.36. The van der Waals surface area contributed by atoms with Crippen LogP contribution in [0, 0.1) is 13.8 Å². The summed E-state index contributed by atoms with van der Waals surface area (Å²) in [6.07, 6.45) is 12.0. The number of aromatic nitrogens is 2. The van der Waals surface area contributed by atoms with Crippen molar-refractivity contribution in [1.82, 2.24) is 9.55 Å². The Balaban J connectivity index is 2.04. The molecule has 0 saturated heterocycles. The molecule has 0 aliphatic rings. The minimum absolute atomic E-state index is 0.955. The van der Waals surface area contributed by atoms with Crippen LogP contribution >= 0.6 is 0 Å².